The molecule has 0 aliphatic carbocycles. The summed E-state index contributed by atoms with van der Waals surface area (Å²) in [4.78, 5) is 43.4. The molecule has 44 heavy (non-hydrogen) atoms. The maximum atomic E-state index is 14.2. The molecular formula is C34H29ClFN5O3. The second-order valence-electron chi connectivity index (χ2n) is 10.7. The van der Waals surface area contributed by atoms with Crippen LogP contribution >= 0.6 is 11.6 Å². The number of nitrogens with one attached hydrogen (secondary N) is 3. The molecule has 0 spiro atoms. The summed E-state index contributed by atoms with van der Waals surface area (Å²) in [5.41, 5.74) is 4.54. The standard InChI is InChI=1S/C34H29ClFN5O3/c1-40-13-15-41(16-14-40)26-9-7-24(8-10-26)37-20-29-27-11-5-22(18-31(27)39-34(29)44)32(42)21-3-2-4-25(17-21)38-33(43)28-12-6-23(35)19-30(28)36/h2-12,17-20,37H,13-16H2,1H3,(H,38,43)(H,39,44)/b29-20+. The first kappa shape index (κ1) is 29.1. The minimum atomic E-state index is -0.745. The van der Waals surface area contributed by atoms with Crippen LogP contribution in [0.4, 0.5) is 27.1 Å². The van der Waals surface area contributed by atoms with Crippen molar-refractivity contribution in [3.8, 4) is 0 Å². The number of hydrogen-bond donors (Lipinski definition) is 3. The first-order valence-corrected chi connectivity index (χ1v) is 14.5. The minimum absolute atomic E-state index is 0.165. The number of likely N-dealkylation sites (N-methyl/N-ethyl adjacent to an activating group) is 1. The third-order valence-corrected chi connectivity index (χ3v) is 7.98. The molecule has 0 aromatic heterocycles. The molecule has 0 atom stereocenters. The molecule has 1 saturated heterocycles. The highest BCUT2D eigenvalue weighted by molar-refractivity contribution is 6.32. The highest BCUT2D eigenvalue weighted by atomic mass is 35.5. The van der Waals surface area contributed by atoms with Crippen LogP contribution in [0.15, 0.2) is 91.1 Å². The number of carbonyl (C=O) groups is 3. The normalized spacial score (nSPS) is 15.6. The lowest BCUT2D eigenvalue weighted by atomic mass is 9.99. The molecule has 0 unspecified atom stereocenters. The van der Waals surface area contributed by atoms with Crippen LogP contribution in [0.1, 0.15) is 31.8 Å². The van der Waals surface area contributed by atoms with Crippen molar-refractivity contribution < 1.29 is 18.8 Å². The van der Waals surface area contributed by atoms with Gasteiger partial charge in [0.05, 0.1) is 11.1 Å². The van der Waals surface area contributed by atoms with E-state index in [-0.39, 0.29) is 22.3 Å². The number of fused-ring (bicyclic) bond motifs is 1. The van der Waals surface area contributed by atoms with Gasteiger partial charge < -0.3 is 25.8 Å². The van der Waals surface area contributed by atoms with E-state index in [4.69, 9.17) is 11.6 Å². The molecule has 0 radical (unpaired) electrons. The van der Waals surface area contributed by atoms with Crippen LogP contribution in [0, 0.1) is 5.82 Å². The van der Waals surface area contributed by atoms with Gasteiger partial charge in [0, 0.05) is 76.8 Å². The molecule has 2 aliphatic heterocycles. The fourth-order valence-corrected chi connectivity index (χ4v) is 5.40. The summed E-state index contributed by atoms with van der Waals surface area (Å²) in [6, 6.07) is 23.3. The number of hydrogen-bond acceptors (Lipinski definition) is 6. The molecule has 0 bridgehead atoms. The average molecular weight is 610 g/mol. The van der Waals surface area contributed by atoms with Gasteiger partial charge in [0.1, 0.15) is 5.82 Å². The highest BCUT2D eigenvalue weighted by Gasteiger charge is 2.25. The van der Waals surface area contributed by atoms with E-state index in [2.05, 4.69) is 44.9 Å². The lowest BCUT2D eigenvalue weighted by Gasteiger charge is -2.34. The second kappa shape index (κ2) is 12.3. The van der Waals surface area contributed by atoms with E-state index in [1.807, 2.05) is 12.1 Å². The molecule has 3 N–H and O–H groups in total. The van der Waals surface area contributed by atoms with E-state index >= 15 is 0 Å². The maximum absolute atomic E-state index is 14.2. The molecule has 2 aliphatic rings. The SMILES string of the molecule is CN1CCN(c2ccc(N/C=C3/C(=O)Nc4cc(C(=O)c5cccc(NC(=O)c6ccc(Cl)cc6F)c5)ccc43)cc2)CC1. The van der Waals surface area contributed by atoms with Crippen LogP contribution in [-0.2, 0) is 4.79 Å². The quantitative estimate of drug-likeness (QED) is 0.173. The number of benzene rings is 4. The molecule has 6 rings (SSSR count). The van der Waals surface area contributed by atoms with E-state index in [9.17, 15) is 18.8 Å². The van der Waals surface area contributed by atoms with Crippen LogP contribution in [0.25, 0.3) is 5.57 Å². The fourth-order valence-electron chi connectivity index (χ4n) is 5.24. The van der Waals surface area contributed by atoms with Crippen molar-refractivity contribution in [2.75, 3.05) is 54.1 Å². The van der Waals surface area contributed by atoms with E-state index in [1.54, 1.807) is 42.6 Å². The molecule has 2 amide bonds. The summed E-state index contributed by atoms with van der Waals surface area (Å²) in [5, 5.41) is 8.86. The van der Waals surface area contributed by atoms with Crippen LogP contribution in [0.5, 0.6) is 0 Å². The summed E-state index contributed by atoms with van der Waals surface area (Å²) in [5.74, 6) is -1.98. The Hall–Kier alpha value is -4.99. The van der Waals surface area contributed by atoms with Gasteiger partial charge in [0.15, 0.2) is 5.78 Å². The zero-order valence-corrected chi connectivity index (χ0v) is 24.6. The number of carbonyl (C=O) groups excluding carboxylic acids is 3. The largest absolute Gasteiger partial charge is 0.369 e. The summed E-state index contributed by atoms with van der Waals surface area (Å²) in [6.07, 6.45) is 1.67. The van der Waals surface area contributed by atoms with Crippen molar-refractivity contribution in [1.82, 2.24) is 4.90 Å². The Morgan fingerprint density at radius 2 is 1.64 bits per heavy atom. The van der Waals surface area contributed by atoms with Crippen molar-refractivity contribution in [2.24, 2.45) is 0 Å². The van der Waals surface area contributed by atoms with Gasteiger partial charge in [0.2, 0.25) is 0 Å². The third kappa shape index (κ3) is 6.20. The van der Waals surface area contributed by atoms with Gasteiger partial charge >= 0.3 is 0 Å². The Kier molecular flexibility index (Phi) is 8.15. The fraction of sp³-hybridized carbons (Fsp3) is 0.147. The van der Waals surface area contributed by atoms with Crippen LogP contribution < -0.4 is 20.9 Å². The zero-order chi connectivity index (χ0) is 30.8. The number of rotatable bonds is 7. The number of ketones is 1. The average Bonchev–Trinajstić information content (AvgIpc) is 3.34. The Balaban J connectivity index is 1.14. The van der Waals surface area contributed by atoms with Crippen LogP contribution in [-0.4, -0.2) is 55.7 Å². The van der Waals surface area contributed by atoms with Gasteiger partial charge in [-0.05, 0) is 67.7 Å². The van der Waals surface area contributed by atoms with Crippen LogP contribution in [0.2, 0.25) is 5.02 Å². The predicted octanol–water partition coefficient (Wildman–Crippen LogP) is 6.12. The van der Waals surface area contributed by atoms with Crippen molar-refractivity contribution in [3.05, 3.63) is 124 Å². The van der Waals surface area contributed by atoms with Crippen molar-refractivity contribution in [2.45, 2.75) is 0 Å². The molecular weight excluding hydrogens is 581 g/mol. The monoisotopic (exact) mass is 609 g/mol. The Labute approximate surface area is 259 Å². The first-order valence-electron chi connectivity index (χ1n) is 14.1. The molecule has 8 nitrogen and oxygen atoms in total. The minimum Gasteiger partial charge on any atom is -0.369 e. The molecule has 2 heterocycles. The van der Waals surface area contributed by atoms with E-state index in [0.29, 0.717) is 33.6 Å². The molecule has 0 saturated carbocycles. The molecule has 4 aromatic rings. The lowest BCUT2D eigenvalue weighted by Crippen LogP contribution is -2.44. The molecule has 10 heteroatoms. The number of piperazine rings is 1. The van der Waals surface area contributed by atoms with Gasteiger partial charge in [0.25, 0.3) is 11.8 Å². The van der Waals surface area contributed by atoms with Crippen molar-refractivity contribution >= 4 is 57.5 Å². The maximum Gasteiger partial charge on any atom is 0.258 e. The zero-order valence-electron chi connectivity index (χ0n) is 23.9. The van der Waals surface area contributed by atoms with E-state index in [0.717, 1.165) is 37.9 Å². The molecule has 4 aromatic carbocycles. The number of amides is 2. The topological polar surface area (TPSA) is 93.8 Å². The van der Waals surface area contributed by atoms with Gasteiger partial charge in [-0.25, -0.2) is 4.39 Å². The molecule has 1 fully saturated rings. The number of anilines is 4. The van der Waals surface area contributed by atoms with Crippen molar-refractivity contribution in [3.63, 3.8) is 0 Å². The highest BCUT2D eigenvalue weighted by Crippen LogP contribution is 2.33. The summed E-state index contributed by atoms with van der Waals surface area (Å²) in [6.45, 7) is 4.04. The van der Waals surface area contributed by atoms with Crippen LogP contribution in [0.3, 0.4) is 0 Å². The predicted molar refractivity (Wildman–Crippen MR) is 172 cm³/mol. The van der Waals surface area contributed by atoms with Gasteiger partial charge in [-0.2, -0.15) is 0 Å². The second-order valence-corrected chi connectivity index (χ2v) is 11.2. The van der Waals surface area contributed by atoms with Gasteiger partial charge in [-0.1, -0.05) is 35.9 Å². The summed E-state index contributed by atoms with van der Waals surface area (Å²) < 4.78 is 14.2. The summed E-state index contributed by atoms with van der Waals surface area (Å²) in [7, 11) is 2.13. The molecule has 222 valence electrons. The van der Waals surface area contributed by atoms with E-state index < -0.39 is 11.7 Å². The summed E-state index contributed by atoms with van der Waals surface area (Å²) >= 11 is 5.78. The Morgan fingerprint density at radius 3 is 2.39 bits per heavy atom. The van der Waals surface area contributed by atoms with Gasteiger partial charge in [-0.15, -0.1) is 0 Å². The first-order chi connectivity index (χ1) is 21.2. The number of halogens is 2. The van der Waals surface area contributed by atoms with Gasteiger partial charge in [-0.3, -0.25) is 14.4 Å². The lowest BCUT2D eigenvalue weighted by molar-refractivity contribution is -0.110. The van der Waals surface area contributed by atoms with E-state index in [1.165, 1.54) is 23.9 Å². The van der Waals surface area contributed by atoms with Crippen molar-refractivity contribution in [1.29, 1.82) is 0 Å². The Morgan fingerprint density at radius 1 is 0.886 bits per heavy atom. The smallest absolute Gasteiger partial charge is 0.258 e. The Bertz CT molecular complexity index is 1800. The number of nitrogens with zero attached hydrogens (tertiary/aromatic N) is 2. The third-order valence-electron chi connectivity index (χ3n) is 7.74.